The van der Waals surface area contributed by atoms with Crippen LogP contribution < -0.4 is 4.74 Å². The molecule has 3 nitrogen and oxygen atoms in total. The lowest BCUT2D eigenvalue weighted by molar-refractivity contribution is 0.194. The van der Waals surface area contributed by atoms with E-state index in [0.717, 1.165) is 18.6 Å². The Bertz CT molecular complexity index is 503. The van der Waals surface area contributed by atoms with Gasteiger partial charge >= 0.3 is 0 Å². The molecule has 100 valence electrons. The first-order chi connectivity index (χ1) is 9.19. The van der Waals surface area contributed by atoms with Crippen LogP contribution in [0, 0.1) is 0 Å². The van der Waals surface area contributed by atoms with Gasteiger partial charge in [0.25, 0.3) is 0 Å². The van der Waals surface area contributed by atoms with Crippen molar-refractivity contribution in [3.8, 4) is 11.5 Å². The van der Waals surface area contributed by atoms with Crippen LogP contribution >= 0.6 is 0 Å². The van der Waals surface area contributed by atoms with Crippen molar-refractivity contribution in [2.24, 2.45) is 0 Å². The summed E-state index contributed by atoms with van der Waals surface area (Å²) in [5, 5.41) is 9.38. The molecule has 1 heterocycles. The second kappa shape index (κ2) is 6.34. The van der Waals surface area contributed by atoms with Gasteiger partial charge in [-0.15, -0.1) is 0 Å². The summed E-state index contributed by atoms with van der Waals surface area (Å²) in [6.45, 7) is 3.86. The summed E-state index contributed by atoms with van der Waals surface area (Å²) in [6, 6.07) is 11.7. The van der Waals surface area contributed by atoms with E-state index in [-0.39, 0.29) is 0 Å². The molecule has 2 aromatic rings. The van der Waals surface area contributed by atoms with Gasteiger partial charge in [0.15, 0.2) is 0 Å². The SMILES string of the molecule is CCCc1ccc(Oc2ccc(C(C)O)nc2)cc1. The van der Waals surface area contributed by atoms with Crippen LogP contribution in [-0.4, -0.2) is 10.1 Å². The number of nitrogens with zero attached hydrogens (tertiary/aromatic N) is 1. The molecule has 0 fully saturated rings. The summed E-state index contributed by atoms with van der Waals surface area (Å²) < 4.78 is 5.70. The summed E-state index contributed by atoms with van der Waals surface area (Å²) in [5.74, 6) is 1.47. The number of hydrogen-bond donors (Lipinski definition) is 1. The van der Waals surface area contributed by atoms with Crippen molar-refractivity contribution in [2.75, 3.05) is 0 Å². The van der Waals surface area contributed by atoms with Crippen molar-refractivity contribution in [1.82, 2.24) is 4.98 Å². The summed E-state index contributed by atoms with van der Waals surface area (Å²) in [7, 11) is 0. The predicted molar refractivity (Wildman–Crippen MR) is 75.4 cm³/mol. The smallest absolute Gasteiger partial charge is 0.145 e. The third-order valence-corrected chi connectivity index (χ3v) is 2.88. The molecule has 3 heteroatoms. The van der Waals surface area contributed by atoms with Crippen molar-refractivity contribution in [3.63, 3.8) is 0 Å². The molecule has 1 unspecified atom stereocenters. The standard InChI is InChI=1S/C16H19NO2/c1-3-4-13-5-7-14(8-6-13)19-15-9-10-16(12(2)18)17-11-15/h5-12,18H,3-4H2,1-2H3. The molecule has 0 radical (unpaired) electrons. The van der Waals surface area contributed by atoms with E-state index in [1.807, 2.05) is 18.2 Å². The number of aliphatic hydroxyl groups is 1. The highest BCUT2D eigenvalue weighted by atomic mass is 16.5. The van der Waals surface area contributed by atoms with E-state index in [1.165, 1.54) is 5.56 Å². The Hall–Kier alpha value is -1.87. The number of aliphatic hydroxyl groups excluding tert-OH is 1. The average Bonchev–Trinajstić information content (AvgIpc) is 2.42. The molecular formula is C16H19NO2. The number of hydrogen-bond acceptors (Lipinski definition) is 3. The van der Waals surface area contributed by atoms with Gasteiger partial charge in [-0.3, -0.25) is 4.98 Å². The summed E-state index contributed by atoms with van der Waals surface area (Å²) in [6.07, 6.45) is 3.31. The van der Waals surface area contributed by atoms with Gasteiger partial charge in [0.1, 0.15) is 11.5 Å². The Morgan fingerprint density at radius 1 is 1.11 bits per heavy atom. The highest BCUT2D eigenvalue weighted by Crippen LogP contribution is 2.22. The molecular weight excluding hydrogens is 238 g/mol. The third kappa shape index (κ3) is 3.80. The van der Waals surface area contributed by atoms with Gasteiger partial charge in [0.2, 0.25) is 0 Å². The minimum atomic E-state index is -0.553. The van der Waals surface area contributed by atoms with E-state index in [0.29, 0.717) is 11.4 Å². The predicted octanol–water partition coefficient (Wildman–Crippen LogP) is 3.88. The van der Waals surface area contributed by atoms with Crippen LogP contribution in [0.25, 0.3) is 0 Å². The van der Waals surface area contributed by atoms with Crippen molar-refractivity contribution >= 4 is 0 Å². The Morgan fingerprint density at radius 2 is 1.79 bits per heavy atom. The van der Waals surface area contributed by atoms with E-state index < -0.39 is 6.10 Å². The first-order valence-electron chi connectivity index (χ1n) is 6.60. The maximum Gasteiger partial charge on any atom is 0.145 e. The molecule has 0 aliphatic rings. The fourth-order valence-electron chi connectivity index (χ4n) is 1.85. The zero-order valence-electron chi connectivity index (χ0n) is 11.3. The molecule has 0 aliphatic carbocycles. The lowest BCUT2D eigenvalue weighted by atomic mass is 10.1. The molecule has 1 atom stereocenters. The Kier molecular flexibility index (Phi) is 4.53. The lowest BCUT2D eigenvalue weighted by Gasteiger charge is -2.08. The van der Waals surface area contributed by atoms with Gasteiger partial charge in [0.05, 0.1) is 18.0 Å². The number of benzene rings is 1. The second-order valence-corrected chi connectivity index (χ2v) is 4.59. The largest absolute Gasteiger partial charge is 0.456 e. The monoisotopic (exact) mass is 257 g/mol. The second-order valence-electron chi connectivity index (χ2n) is 4.59. The van der Waals surface area contributed by atoms with Crippen LogP contribution in [0.5, 0.6) is 11.5 Å². The molecule has 0 aliphatic heterocycles. The maximum atomic E-state index is 9.38. The van der Waals surface area contributed by atoms with Gasteiger partial charge in [-0.1, -0.05) is 25.5 Å². The van der Waals surface area contributed by atoms with Gasteiger partial charge in [-0.25, -0.2) is 0 Å². The average molecular weight is 257 g/mol. The first-order valence-corrected chi connectivity index (χ1v) is 6.60. The van der Waals surface area contributed by atoms with Gasteiger partial charge in [0, 0.05) is 0 Å². The summed E-state index contributed by atoms with van der Waals surface area (Å²) >= 11 is 0. The van der Waals surface area contributed by atoms with Crippen molar-refractivity contribution in [3.05, 3.63) is 53.9 Å². The van der Waals surface area contributed by atoms with Crippen molar-refractivity contribution in [2.45, 2.75) is 32.8 Å². The highest BCUT2D eigenvalue weighted by Gasteiger charge is 2.03. The van der Waals surface area contributed by atoms with E-state index in [4.69, 9.17) is 4.74 Å². The minimum Gasteiger partial charge on any atom is -0.456 e. The molecule has 0 bridgehead atoms. The number of pyridine rings is 1. The maximum absolute atomic E-state index is 9.38. The van der Waals surface area contributed by atoms with Crippen LogP contribution in [0.2, 0.25) is 0 Å². The van der Waals surface area contributed by atoms with E-state index in [2.05, 4.69) is 24.0 Å². The Morgan fingerprint density at radius 3 is 2.32 bits per heavy atom. The quantitative estimate of drug-likeness (QED) is 0.883. The molecule has 19 heavy (non-hydrogen) atoms. The lowest BCUT2D eigenvalue weighted by Crippen LogP contribution is -1.95. The van der Waals surface area contributed by atoms with Gasteiger partial charge in [-0.2, -0.15) is 0 Å². The molecule has 1 N–H and O–H groups in total. The number of ether oxygens (including phenoxy) is 1. The molecule has 0 saturated heterocycles. The molecule has 1 aromatic carbocycles. The molecule has 2 rings (SSSR count). The zero-order chi connectivity index (χ0) is 13.7. The Balaban J connectivity index is 2.04. The summed E-state index contributed by atoms with van der Waals surface area (Å²) in [4.78, 5) is 4.15. The van der Waals surface area contributed by atoms with E-state index in [1.54, 1.807) is 19.2 Å². The normalized spacial score (nSPS) is 12.2. The van der Waals surface area contributed by atoms with Crippen molar-refractivity contribution in [1.29, 1.82) is 0 Å². The number of rotatable bonds is 5. The minimum absolute atomic E-state index is 0.553. The van der Waals surface area contributed by atoms with Crippen LogP contribution in [0.15, 0.2) is 42.6 Å². The summed E-state index contributed by atoms with van der Waals surface area (Å²) in [5.41, 5.74) is 1.96. The van der Waals surface area contributed by atoms with Crippen LogP contribution in [0.4, 0.5) is 0 Å². The molecule has 0 amide bonds. The first kappa shape index (κ1) is 13.6. The zero-order valence-corrected chi connectivity index (χ0v) is 11.3. The van der Waals surface area contributed by atoms with Crippen molar-refractivity contribution < 1.29 is 9.84 Å². The number of aromatic nitrogens is 1. The third-order valence-electron chi connectivity index (χ3n) is 2.88. The van der Waals surface area contributed by atoms with Crippen LogP contribution in [0.1, 0.15) is 37.6 Å². The van der Waals surface area contributed by atoms with E-state index >= 15 is 0 Å². The van der Waals surface area contributed by atoms with E-state index in [9.17, 15) is 5.11 Å². The molecule has 1 aromatic heterocycles. The fourth-order valence-corrected chi connectivity index (χ4v) is 1.85. The highest BCUT2D eigenvalue weighted by molar-refractivity contribution is 5.32. The van der Waals surface area contributed by atoms with Gasteiger partial charge < -0.3 is 9.84 Å². The van der Waals surface area contributed by atoms with Gasteiger partial charge in [-0.05, 0) is 43.2 Å². The topological polar surface area (TPSA) is 42.4 Å². The fraction of sp³-hybridized carbons (Fsp3) is 0.312. The Labute approximate surface area is 113 Å². The van der Waals surface area contributed by atoms with Crippen LogP contribution in [-0.2, 0) is 6.42 Å². The number of aryl methyl sites for hydroxylation is 1. The van der Waals surface area contributed by atoms with Crippen LogP contribution in [0.3, 0.4) is 0 Å². The molecule has 0 spiro atoms. The molecule has 0 saturated carbocycles.